The zero-order valence-electron chi connectivity index (χ0n) is 17.1. The van der Waals surface area contributed by atoms with E-state index < -0.39 is 22.0 Å². The lowest BCUT2D eigenvalue weighted by atomic mass is 10.2. The Morgan fingerprint density at radius 1 is 1.03 bits per heavy atom. The number of hydrogen-bond donors (Lipinski definition) is 1. The van der Waals surface area contributed by atoms with Gasteiger partial charge in [-0.1, -0.05) is 30.3 Å². The standard InChI is InChI=1S/C23H22N2O5S/c1-16-7-3-4-8-19(16)24-23(26)22-15-25(20-9-5-6-10-21(20)30-22)31(27,28)18-13-11-17(29-2)12-14-18/h3-14,22H,15H2,1-2H3,(H,24,26). The molecule has 8 heteroatoms. The van der Waals surface area contributed by atoms with Crippen molar-refractivity contribution >= 4 is 27.3 Å². The third-order valence-corrected chi connectivity index (χ3v) is 6.87. The van der Waals surface area contributed by atoms with E-state index in [1.165, 1.54) is 23.5 Å². The van der Waals surface area contributed by atoms with Crippen LogP contribution in [0.2, 0.25) is 0 Å². The summed E-state index contributed by atoms with van der Waals surface area (Å²) in [6, 6.07) is 20.3. The van der Waals surface area contributed by atoms with Crippen LogP contribution in [0.1, 0.15) is 5.56 Å². The number of carbonyl (C=O) groups excluding carboxylic acids is 1. The average molecular weight is 439 g/mol. The highest BCUT2D eigenvalue weighted by atomic mass is 32.2. The number of anilines is 2. The highest BCUT2D eigenvalue weighted by Gasteiger charge is 2.37. The number of para-hydroxylation sites is 3. The van der Waals surface area contributed by atoms with E-state index >= 15 is 0 Å². The van der Waals surface area contributed by atoms with Crippen LogP contribution in [0.15, 0.2) is 77.7 Å². The third-order valence-electron chi connectivity index (χ3n) is 5.08. The van der Waals surface area contributed by atoms with Crippen molar-refractivity contribution in [3.63, 3.8) is 0 Å². The molecule has 0 aliphatic carbocycles. The maximum absolute atomic E-state index is 13.4. The molecule has 4 rings (SSSR count). The Kier molecular flexibility index (Phi) is 5.56. The van der Waals surface area contributed by atoms with Crippen LogP contribution in [0.25, 0.3) is 0 Å². The summed E-state index contributed by atoms with van der Waals surface area (Å²) in [5.74, 6) is 0.464. The molecule has 1 aliphatic rings. The van der Waals surface area contributed by atoms with Gasteiger partial charge >= 0.3 is 0 Å². The number of rotatable bonds is 5. The van der Waals surface area contributed by atoms with Crippen LogP contribution in [0.3, 0.4) is 0 Å². The second kappa shape index (κ2) is 8.31. The molecular weight excluding hydrogens is 416 g/mol. The van der Waals surface area contributed by atoms with Gasteiger partial charge in [-0.2, -0.15) is 0 Å². The molecule has 1 atom stereocenters. The molecule has 1 N–H and O–H groups in total. The molecule has 1 aliphatic heterocycles. The Morgan fingerprint density at radius 2 is 1.71 bits per heavy atom. The second-order valence-corrected chi connectivity index (χ2v) is 8.95. The van der Waals surface area contributed by atoms with E-state index in [1.807, 2.05) is 25.1 Å². The van der Waals surface area contributed by atoms with Crippen molar-refractivity contribution in [3.8, 4) is 11.5 Å². The quantitative estimate of drug-likeness (QED) is 0.658. The number of hydrogen-bond acceptors (Lipinski definition) is 5. The van der Waals surface area contributed by atoms with Gasteiger partial charge in [-0.3, -0.25) is 9.10 Å². The largest absolute Gasteiger partial charge is 0.497 e. The Hall–Kier alpha value is -3.52. The monoisotopic (exact) mass is 438 g/mol. The molecule has 1 unspecified atom stereocenters. The third kappa shape index (κ3) is 4.06. The lowest BCUT2D eigenvalue weighted by molar-refractivity contribution is -0.122. The SMILES string of the molecule is COc1ccc(S(=O)(=O)N2CC(C(=O)Nc3ccccc3C)Oc3ccccc32)cc1. The molecule has 3 aromatic rings. The molecule has 1 heterocycles. The lowest BCUT2D eigenvalue weighted by Gasteiger charge is -2.34. The molecule has 0 bridgehead atoms. The van der Waals surface area contributed by atoms with Gasteiger partial charge in [0.15, 0.2) is 6.10 Å². The van der Waals surface area contributed by atoms with Crippen molar-refractivity contribution in [2.45, 2.75) is 17.9 Å². The van der Waals surface area contributed by atoms with Crippen molar-refractivity contribution in [2.24, 2.45) is 0 Å². The number of ether oxygens (including phenoxy) is 2. The fourth-order valence-corrected chi connectivity index (χ4v) is 4.84. The van der Waals surface area contributed by atoms with E-state index in [1.54, 1.807) is 42.5 Å². The molecule has 0 fully saturated rings. The second-order valence-electron chi connectivity index (χ2n) is 7.09. The Bertz CT molecular complexity index is 1210. The van der Waals surface area contributed by atoms with Gasteiger partial charge in [0, 0.05) is 5.69 Å². The highest BCUT2D eigenvalue weighted by molar-refractivity contribution is 7.92. The van der Waals surface area contributed by atoms with E-state index in [9.17, 15) is 13.2 Å². The molecule has 0 radical (unpaired) electrons. The van der Waals surface area contributed by atoms with Crippen LogP contribution in [0.4, 0.5) is 11.4 Å². The summed E-state index contributed by atoms with van der Waals surface area (Å²) in [6.07, 6.45) is -1.01. The van der Waals surface area contributed by atoms with Gasteiger partial charge in [-0.15, -0.1) is 0 Å². The van der Waals surface area contributed by atoms with Gasteiger partial charge in [-0.25, -0.2) is 8.42 Å². The van der Waals surface area contributed by atoms with Gasteiger partial charge in [-0.05, 0) is 55.0 Å². The molecule has 31 heavy (non-hydrogen) atoms. The van der Waals surface area contributed by atoms with E-state index in [2.05, 4.69) is 5.32 Å². The minimum Gasteiger partial charge on any atom is -0.497 e. The predicted octanol–water partition coefficient (Wildman–Crippen LogP) is 3.60. The van der Waals surface area contributed by atoms with Crippen molar-refractivity contribution in [3.05, 3.63) is 78.4 Å². The molecule has 1 amide bonds. The van der Waals surface area contributed by atoms with Gasteiger partial charge in [0.25, 0.3) is 15.9 Å². The van der Waals surface area contributed by atoms with Crippen LogP contribution in [0, 0.1) is 6.92 Å². The first-order valence-corrected chi connectivity index (χ1v) is 11.1. The van der Waals surface area contributed by atoms with E-state index in [-0.39, 0.29) is 11.4 Å². The number of benzene rings is 3. The Morgan fingerprint density at radius 3 is 2.42 bits per heavy atom. The number of fused-ring (bicyclic) bond motifs is 1. The highest BCUT2D eigenvalue weighted by Crippen LogP contribution is 2.37. The first-order chi connectivity index (χ1) is 14.9. The molecule has 3 aromatic carbocycles. The minimum atomic E-state index is -3.93. The number of aryl methyl sites for hydroxylation is 1. The van der Waals surface area contributed by atoms with E-state index in [0.717, 1.165) is 5.56 Å². The zero-order valence-corrected chi connectivity index (χ0v) is 17.9. The summed E-state index contributed by atoms with van der Waals surface area (Å²) in [4.78, 5) is 13.0. The maximum atomic E-state index is 13.4. The van der Waals surface area contributed by atoms with Gasteiger partial charge in [0.2, 0.25) is 0 Å². The van der Waals surface area contributed by atoms with Crippen LogP contribution < -0.4 is 19.1 Å². The zero-order chi connectivity index (χ0) is 22.0. The van der Waals surface area contributed by atoms with Crippen LogP contribution in [0.5, 0.6) is 11.5 Å². The van der Waals surface area contributed by atoms with Crippen LogP contribution in [-0.4, -0.2) is 34.1 Å². The first-order valence-electron chi connectivity index (χ1n) is 9.69. The number of amides is 1. The van der Waals surface area contributed by atoms with Crippen molar-refractivity contribution in [2.75, 3.05) is 23.3 Å². The molecule has 7 nitrogen and oxygen atoms in total. The Balaban J connectivity index is 1.67. The average Bonchev–Trinajstić information content (AvgIpc) is 2.79. The summed E-state index contributed by atoms with van der Waals surface area (Å²) < 4.78 is 39.1. The van der Waals surface area contributed by atoms with Gasteiger partial charge < -0.3 is 14.8 Å². The number of nitrogens with one attached hydrogen (secondary N) is 1. The van der Waals surface area contributed by atoms with Gasteiger partial charge in [0.1, 0.15) is 11.5 Å². The summed E-state index contributed by atoms with van der Waals surface area (Å²) >= 11 is 0. The molecule has 0 spiro atoms. The summed E-state index contributed by atoms with van der Waals surface area (Å²) in [7, 11) is -2.42. The van der Waals surface area contributed by atoms with Crippen molar-refractivity contribution < 1.29 is 22.7 Å². The molecule has 0 aromatic heterocycles. The normalized spacial score (nSPS) is 15.5. The number of nitrogens with zero attached hydrogens (tertiary/aromatic N) is 1. The predicted molar refractivity (Wildman–Crippen MR) is 118 cm³/mol. The van der Waals surface area contributed by atoms with Crippen LogP contribution >= 0.6 is 0 Å². The maximum Gasteiger partial charge on any atom is 0.267 e. The number of methoxy groups -OCH3 is 1. The van der Waals surface area contributed by atoms with Crippen LogP contribution in [-0.2, 0) is 14.8 Å². The van der Waals surface area contributed by atoms with E-state index in [4.69, 9.17) is 9.47 Å². The lowest BCUT2D eigenvalue weighted by Crippen LogP contribution is -2.48. The number of sulfonamides is 1. The minimum absolute atomic E-state index is 0.100. The fraction of sp³-hybridized carbons (Fsp3) is 0.174. The fourth-order valence-electron chi connectivity index (χ4n) is 3.37. The topological polar surface area (TPSA) is 84.9 Å². The first kappa shape index (κ1) is 20.7. The Labute approximate surface area is 181 Å². The van der Waals surface area contributed by atoms with Gasteiger partial charge in [0.05, 0.1) is 24.2 Å². The molecular formula is C23H22N2O5S. The van der Waals surface area contributed by atoms with Crippen molar-refractivity contribution in [1.29, 1.82) is 0 Å². The van der Waals surface area contributed by atoms with E-state index in [0.29, 0.717) is 22.9 Å². The number of carbonyl (C=O) groups is 1. The summed E-state index contributed by atoms with van der Waals surface area (Å²) in [5.41, 5.74) is 1.94. The summed E-state index contributed by atoms with van der Waals surface area (Å²) in [5, 5.41) is 2.84. The smallest absolute Gasteiger partial charge is 0.267 e. The molecule has 160 valence electrons. The summed E-state index contributed by atoms with van der Waals surface area (Å²) in [6.45, 7) is 1.73. The van der Waals surface area contributed by atoms with Crippen molar-refractivity contribution in [1.82, 2.24) is 0 Å². The molecule has 0 saturated heterocycles. The molecule has 0 saturated carbocycles.